The topological polar surface area (TPSA) is 61.8 Å². The van der Waals surface area contributed by atoms with Crippen molar-refractivity contribution in [3.8, 4) is 0 Å². The van der Waals surface area contributed by atoms with Crippen LogP contribution in [0.4, 0.5) is 0 Å². The highest BCUT2D eigenvalue weighted by molar-refractivity contribution is 5.98. The molecule has 0 spiro atoms. The van der Waals surface area contributed by atoms with Crippen molar-refractivity contribution in [1.29, 1.82) is 0 Å². The number of Topliss-reactive ketones (excluding diaryl/α,β-unsaturated/α-hetero) is 1. The van der Waals surface area contributed by atoms with Crippen molar-refractivity contribution in [3.05, 3.63) is 11.8 Å². The summed E-state index contributed by atoms with van der Waals surface area (Å²) in [5, 5.41) is 0. The molecule has 5 nitrogen and oxygen atoms in total. The molecule has 0 saturated carbocycles. The van der Waals surface area contributed by atoms with Crippen LogP contribution in [0, 0.1) is 5.41 Å². The van der Waals surface area contributed by atoms with E-state index in [0.717, 1.165) is 5.76 Å². The first-order chi connectivity index (χ1) is 8.45. The van der Waals surface area contributed by atoms with Gasteiger partial charge in [0.15, 0.2) is 6.79 Å². The number of ketones is 1. The molecule has 0 aromatic heterocycles. The van der Waals surface area contributed by atoms with E-state index in [9.17, 15) is 9.59 Å². The third-order valence-corrected chi connectivity index (χ3v) is 2.74. The Bertz CT molecular complexity index is 343. The van der Waals surface area contributed by atoms with Gasteiger partial charge in [0.2, 0.25) is 0 Å². The highest BCUT2D eigenvalue weighted by Gasteiger charge is 2.31. The zero-order chi connectivity index (χ0) is 13.6. The molecule has 0 atom stereocenters. The van der Waals surface area contributed by atoms with E-state index in [1.165, 1.54) is 0 Å². The monoisotopic (exact) mass is 256 g/mol. The Morgan fingerprint density at radius 2 is 2.17 bits per heavy atom. The molecule has 1 rings (SSSR count). The lowest BCUT2D eigenvalue weighted by Crippen LogP contribution is -2.28. The fraction of sp³-hybridized carbons (Fsp3) is 0.692. The molecule has 0 aliphatic carbocycles. The third kappa shape index (κ3) is 4.49. The van der Waals surface area contributed by atoms with Crippen molar-refractivity contribution in [2.45, 2.75) is 33.6 Å². The predicted octanol–water partition coefficient (Wildman–Crippen LogP) is 1.81. The molecule has 5 heteroatoms. The van der Waals surface area contributed by atoms with Crippen LogP contribution in [0.3, 0.4) is 0 Å². The van der Waals surface area contributed by atoms with Crippen molar-refractivity contribution in [3.63, 3.8) is 0 Å². The van der Waals surface area contributed by atoms with Crippen molar-refractivity contribution in [2.75, 3.05) is 20.0 Å². The normalized spacial score (nSPS) is 15.6. The number of allylic oxidation sites excluding steroid dienone is 1. The van der Waals surface area contributed by atoms with Gasteiger partial charge in [0.25, 0.3) is 0 Å². The van der Waals surface area contributed by atoms with Crippen LogP contribution in [-0.2, 0) is 23.8 Å². The number of rotatable bonds is 6. The molecule has 1 aliphatic heterocycles. The van der Waals surface area contributed by atoms with Crippen LogP contribution in [-0.4, -0.2) is 31.8 Å². The Hall–Kier alpha value is -1.36. The van der Waals surface area contributed by atoms with E-state index >= 15 is 0 Å². The van der Waals surface area contributed by atoms with Crippen LogP contribution in [0.15, 0.2) is 11.8 Å². The first-order valence-corrected chi connectivity index (χ1v) is 6.04. The second-order valence-corrected chi connectivity index (χ2v) is 4.77. The minimum atomic E-state index is -0.643. The van der Waals surface area contributed by atoms with Gasteiger partial charge in [-0.25, -0.2) is 0 Å². The van der Waals surface area contributed by atoms with Gasteiger partial charge in [-0.1, -0.05) is 13.8 Å². The average molecular weight is 256 g/mol. The lowest BCUT2D eigenvalue weighted by molar-refractivity contribution is -0.147. The molecular weight excluding hydrogens is 236 g/mol. The second kappa shape index (κ2) is 6.54. The molecule has 0 amide bonds. The van der Waals surface area contributed by atoms with Crippen LogP contribution < -0.4 is 0 Å². The van der Waals surface area contributed by atoms with Crippen LogP contribution in [0.5, 0.6) is 0 Å². The largest absolute Gasteiger partial charge is 0.472 e. The van der Waals surface area contributed by atoms with Crippen molar-refractivity contribution in [2.24, 2.45) is 5.41 Å². The summed E-state index contributed by atoms with van der Waals surface area (Å²) in [5.41, 5.74) is -0.643. The Kier molecular flexibility index (Phi) is 5.34. The van der Waals surface area contributed by atoms with Gasteiger partial charge in [0.05, 0.1) is 19.0 Å². The van der Waals surface area contributed by atoms with E-state index in [4.69, 9.17) is 14.2 Å². The molecule has 0 aromatic rings. The Labute approximate surface area is 107 Å². The Balaban J connectivity index is 2.53. The molecule has 0 radical (unpaired) electrons. The van der Waals surface area contributed by atoms with Gasteiger partial charge < -0.3 is 14.2 Å². The van der Waals surface area contributed by atoms with E-state index in [1.54, 1.807) is 20.8 Å². The van der Waals surface area contributed by atoms with Crippen molar-refractivity contribution < 1.29 is 23.8 Å². The third-order valence-electron chi connectivity index (χ3n) is 2.74. The maximum Gasteiger partial charge on any atom is 0.313 e. The predicted molar refractivity (Wildman–Crippen MR) is 64.6 cm³/mol. The molecule has 102 valence electrons. The van der Waals surface area contributed by atoms with Crippen LogP contribution in [0.25, 0.3) is 0 Å². The highest BCUT2D eigenvalue weighted by atomic mass is 16.7. The number of hydrogen-bond donors (Lipinski definition) is 0. The number of carbonyl (C=O) groups excluding carboxylic acids is 2. The maximum atomic E-state index is 12.0. The number of hydrogen-bond acceptors (Lipinski definition) is 5. The number of ether oxygens (including phenoxy) is 3. The SMILES string of the molecule is CCOC(=O)CC(=O)C(C)(C)CC1=CCOCO1. The summed E-state index contributed by atoms with van der Waals surface area (Å²) >= 11 is 0. The molecule has 1 heterocycles. The van der Waals surface area contributed by atoms with E-state index in [0.29, 0.717) is 13.0 Å². The summed E-state index contributed by atoms with van der Waals surface area (Å²) in [6, 6.07) is 0. The summed E-state index contributed by atoms with van der Waals surface area (Å²) < 4.78 is 15.1. The standard InChI is InChI=1S/C13H20O5/c1-4-17-12(15)7-11(14)13(2,3)8-10-5-6-16-9-18-10/h5H,4,6-9H2,1-3H3. The van der Waals surface area contributed by atoms with Crippen molar-refractivity contribution >= 4 is 11.8 Å². The molecule has 0 unspecified atom stereocenters. The summed E-state index contributed by atoms with van der Waals surface area (Å²) in [5.74, 6) is 0.123. The number of esters is 1. The highest BCUT2D eigenvalue weighted by Crippen LogP contribution is 2.29. The fourth-order valence-electron chi connectivity index (χ4n) is 1.62. The summed E-state index contributed by atoms with van der Waals surface area (Å²) in [6.45, 7) is 6.32. The fourth-order valence-corrected chi connectivity index (χ4v) is 1.62. The van der Waals surface area contributed by atoms with Gasteiger partial charge in [0.1, 0.15) is 12.2 Å². The molecule has 1 aliphatic rings. The maximum absolute atomic E-state index is 12.0. The van der Waals surface area contributed by atoms with Gasteiger partial charge in [0, 0.05) is 11.8 Å². The number of carbonyl (C=O) groups is 2. The van der Waals surface area contributed by atoms with E-state index < -0.39 is 11.4 Å². The van der Waals surface area contributed by atoms with Crippen molar-refractivity contribution in [1.82, 2.24) is 0 Å². The smallest absolute Gasteiger partial charge is 0.313 e. The summed E-state index contributed by atoms with van der Waals surface area (Å²) in [6.07, 6.45) is 2.09. The quantitative estimate of drug-likeness (QED) is 0.536. The zero-order valence-corrected chi connectivity index (χ0v) is 11.2. The molecular formula is C13H20O5. The molecule has 0 bridgehead atoms. The molecule has 18 heavy (non-hydrogen) atoms. The average Bonchev–Trinajstić information content (AvgIpc) is 2.29. The van der Waals surface area contributed by atoms with Gasteiger partial charge in [-0.15, -0.1) is 0 Å². The van der Waals surface area contributed by atoms with E-state index in [1.807, 2.05) is 6.08 Å². The van der Waals surface area contributed by atoms with Gasteiger partial charge >= 0.3 is 5.97 Å². The first-order valence-electron chi connectivity index (χ1n) is 6.04. The molecule has 0 fully saturated rings. The minimum absolute atomic E-state index is 0.142. The van der Waals surface area contributed by atoms with E-state index in [2.05, 4.69) is 0 Å². The molecule has 0 saturated heterocycles. The van der Waals surface area contributed by atoms with Crippen LogP contribution in [0.2, 0.25) is 0 Å². The van der Waals surface area contributed by atoms with E-state index in [-0.39, 0.29) is 25.6 Å². The van der Waals surface area contributed by atoms with Gasteiger partial charge in [-0.2, -0.15) is 0 Å². The summed E-state index contributed by atoms with van der Waals surface area (Å²) in [7, 11) is 0. The lowest BCUT2D eigenvalue weighted by atomic mass is 9.82. The second-order valence-electron chi connectivity index (χ2n) is 4.77. The molecule has 0 aromatic carbocycles. The zero-order valence-electron chi connectivity index (χ0n) is 11.2. The lowest BCUT2D eigenvalue weighted by Gasteiger charge is -2.25. The summed E-state index contributed by atoms with van der Waals surface area (Å²) in [4.78, 5) is 23.3. The minimum Gasteiger partial charge on any atom is -0.472 e. The molecule has 0 N–H and O–H groups in total. The first kappa shape index (κ1) is 14.7. The van der Waals surface area contributed by atoms with Gasteiger partial charge in [-0.05, 0) is 13.0 Å². The Morgan fingerprint density at radius 3 is 2.72 bits per heavy atom. The van der Waals surface area contributed by atoms with Crippen LogP contribution >= 0.6 is 0 Å². The van der Waals surface area contributed by atoms with Gasteiger partial charge in [-0.3, -0.25) is 9.59 Å². The Morgan fingerprint density at radius 1 is 1.44 bits per heavy atom. The van der Waals surface area contributed by atoms with Crippen LogP contribution in [0.1, 0.15) is 33.6 Å².